The third kappa shape index (κ3) is 6.96. The molecule has 0 unspecified atom stereocenters. The standard InChI is InChI=1S/C48H37N3/c1-49-47(40-24-19-37(20-25-40)44-12-7-29-50-33-44)31-48(41-26-22-39(23-27-41)46-14-6-11-38-9-4-5-13-45(38)46)51-32-34-15-17-36(18-16-34)43-28-21-35-8-2-3-10-42(35)30-43/h2-31,33,49H,32H2,1H3/b47-31-,51-48+. The van der Waals surface area contributed by atoms with Crippen molar-refractivity contribution < 1.29 is 0 Å². The van der Waals surface area contributed by atoms with Gasteiger partial charge in [-0.05, 0) is 89.8 Å². The van der Waals surface area contributed by atoms with Crippen LogP contribution < -0.4 is 5.32 Å². The second-order valence-electron chi connectivity index (χ2n) is 12.7. The largest absolute Gasteiger partial charge is 0.388 e. The summed E-state index contributed by atoms with van der Waals surface area (Å²) in [5.74, 6) is 0. The average molecular weight is 656 g/mol. The Kier molecular flexibility index (Phi) is 9.00. The molecule has 0 aliphatic heterocycles. The lowest BCUT2D eigenvalue weighted by molar-refractivity contribution is 1.07. The summed E-state index contributed by atoms with van der Waals surface area (Å²) in [6.45, 7) is 0.561. The van der Waals surface area contributed by atoms with Crippen LogP contribution in [0.4, 0.5) is 0 Å². The molecule has 0 saturated heterocycles. The van der Waals surface area contributed by atoms with E-state index in [4.69, 9.17) is 4.99 Å². The van der Waals surface area contributed by atoms with Crippen molar-refractivity contribution in [3.05, 3.63) is 205 Å². The zero-order chi connectivity index (χ0) is 34.4. The monoisotopic (exact) mass is 655 g/mol. The van der Waals surface area contributed by atoms with E-state index in [0.717, 1.165) is 39.2 Å². The molecule has 8 aromatic rings. The van der Waals surface area contributed by atoms with Crippen LogP contribution in [0.15, 0.2) is 193 Å². The summed E-state index contributed by atoms with van der Waals surface area (Å²) >= 11 is 0. The fourth-order valence-electron chi connectivity index (χ4n) is 6.68. The predicted molar refractivity (Wildman–Crippen MR) is 216 cm³/mol. The van der Waals surface area contributed by atoms with E-state index in [2.05, 4.69) is 180 Å². The Morgan fingerprint density at radius 3 is 1.96 bits per heavy atom. The summed E-state index contributed by atoms with van der Waals surface area (Å²) in [6, 6.07) is 60.4. The molecule has 0 saturated carbocycles. The first-order valence-electron chi connectivity index (χ1n) is 17.3. The molecule has 3 heteroatoms. The highest BCUT2D eigenvalue weighted by Gasteiger charge is 2.09. The van der Waals surface area contributed by atoms with Crippen molar-refractivity contribution in [2.45, 2.75) is 6.54 Å². The summed E-state index contributed by atoms with van der Waals surface area (Å²) < 4.78 is 0. The first-order chi connectivity index (χ1) is 25.2. The molecule has 0 atom stereocenters. The maximum absolute atomic E-state index is 5.23. The van der Waals surface area contributed by atoms with Crippen LogP contribution in [-0.2, 0) is 6.54 Å². The second kappa shape index (κ2) is 14.5. The molecule has 1 N–H and O–H groups in total. The molecule has 0 aliphatic rings. The van der Waals surface area contributed by atoms with Gasteiger partial charge in [0.2, 0.25) is 0 Å². The number of nitrogens with one attached hydrogen (secondary N) is 1. The zero-order valence-electron chi connectivity index (χ0n) is 28.5. The van der Waals surface area contributed by atoms with Crippen molar-refractivity contribution >= 4 is 33.0 Å². The molecule has 0 spiro atoms. The Labute approximate surface area is 299 Å². The molecule has 0 aliphatic carbocycles. The van der Waals surface area contributed by atoms with E-state index < -0.39 is 0 Å². The molecule has 3 nitrogen and oxygen atoms in total. The maximum Gasteiger partial charge on any atom is 0.0671 e. The third-order valence-electron chi connectivity index (χ3n) is 9.49. The number of aromatic nitrogens is 1. The van der Waals surface area contributed by atoms with E-state index in [0.29, 0.717) is 6.54 Å². The van der Waals surface area contributed by atoms with Gasteiger partial charge >= 0.3 is 0 Å². The Bertz CT molecular complexity index is 2490. The smallest absolute Gasteiger partial charge is 0.0671 e. The molecule has 0 bridgehead atoms. The quantitative estimate of drug-likeness (QED) is 0.157. The van der Waals surface area contributed by atoms with E-state index in [-0.39, 0.29) is 0 Å². The fraction of sp³-hybridized carbons (Fsp3) is 0.0417. The number of rotatable bonds is 9. The van der Waals surface area contributed by atoms with Gasteiger partial charge in [0.05, 0.1) is 12.3 Å². The van der Waals surface area contributed by atoms with Crippen LogP contribution >= 0.6 is 0 Å². The minimum atomic E-state index is 0.561. The molecular weight excluding hydrogens is 619 g/mol. The number of hydrogen-bond acceptors (Lipinski definition) is 3. The SMILES string of the molecule is CN/C(=C\C(=N/Cc1ccc(-c2ccc3ccccc3c2)cc1)c1ccc(-c2cccc3ccccc23)cc1)c1ccc(-c2cccnc2)cc1. The van der Waals surface area contributed by atoms with Crippen LogP contribution in [-0.4, -0.2) is 17.7 Å². The summed E-state index contributed by atoms with van der Waals surface area (Å²) in [4.78, 5) is 9.52. The molecule has 7 aromatic carbocycles. The topological polar surface area (TPSA) is 37.3 Å². The van der Waals surface area contributed by atoms with Gasteiger partial charge in [0.1, 0.15) is 0 Å². The molecule has 244 valence electrons. The maximum atomic E-state index is 5.23. The summed E-state index contributed by atoms with van der Waals surface area (Å²) in [7, 11) is 1.97. The summed E-state index contributed by atoms with van der Waals surface area (Å²) in [6.07, 6.45) is 5.86. The Balaban J connectivity index is 1.12. The van der Waals surface area contributed by atoms with Crippen molar-refractivity contribution in [3.63, 3.8) is 0 Å². The highest BCUT2D eigenvalue weighted by Crippen LogP contribution is 2.30. The zero-order valence-corrected chi connectivity index (χ0v) is 28.5. The fourth-order valence-corrected chi connectivity index (χ4v) is 6.68. The minimum absolute atomic E-state index is 0.561. The average Bonchev–Trinajstić information content (AvgIpc) is 3.21. The van der Waals surface area contributed by atoms with E-state index in [1.54, 1.807) is 6.20 Å². The second-order valence-corrected chi connectivity index (χ2v) is 12.7. The van der Waals surface area contributed by atoms with Crippen LogP contribution in [0.5, 0.6) is 0 Å². The van der Waals surface area contributed by atoms with Crippen LogP contribution in [0.25, 0.3) is 60.6 Å². The van der Waals surface area contributed by atoms with Crippen LogP contribution in [0.3, 0.4) is 0 Å². The lowest BCUT2D eigenvalue weighted by Crippen LogP contribution is -2.09. The molecule has 1 aromatic heterocycles. The van der Waals surface area contributed by atoms with Crippen molar-refractivity contribution in [1.82, 2.24) is 10.3 Å². The van der Waals surface area contributed by atoms with Crippen molar-refractivity contribution in [1.29, 1.82) is 0 Å². The Morgan fingerprint density at radius 1 is 0.549 bits per heavy atom. The van der Waals surface area contributed by atoms with Crippen LogP contribution in [0.2, 0.25) is 0 Å². The number of allylic oxidation sites excluding steroid dienone is 1. The van der Waals surface area contributed by atoms with Gasteiger partial charge in [-0.3, -0.25) is 9.98 Å². The van der Waals surface area contributed by atoms with Crippen molar-refractivity contribution in [3.8, 4) is 33.4 Å². The van der Waals surface area contributed by atoms with Gasteiger partial charge in [-0.25, -0.2) is 0 Å². The van der Waals surface area contributed by atoms with Gasteiger partial charge in [-0.2, -0.15) is 0 Å². The normalized spacial score (nSPS) is 11.9. The van der Waals surface area contributed by atoms with E-state index in [1.807, 2.05) is 19.3 Å². The first-order valence-corrected chi connectivity index (χ1v) is 17.3. The van der Waals surface area contributed by atoms with E-state index in [9.17, 15) is 0 Å². The lowest BCUT2D eigenvalue weighted by Gasteiger charge is -2.12. The lowest BCUT2D eigenvalue weighted by atomic mass is 9.96. The summed E-state index contributed by atoms with van der Waals surface area (Å²) in [5.41, 5.74) is 12.3. The molecule has 0 amide bonds. The highest BCUT2D eigenvalue weighted by atomic mass is 14.8. The molecule has 51 heavy (non-hydrogen) atoms. The molecule has 0 radical (unpaired) electrons. The van der Waals surface area contributed by atoms with Gasteiger partial charge in [0.25, 0.3) is 0 Å². The van der Waals surface area contributed by atoms with Crippen LogP contribution in [0.1, 0.15) is 16.7 Å². The highest BCUT2D eigenvalue weighted by molar-refractivity contribution is 6.12. The number of pyridine rings is 1. The number of benzene rings is 7. The number of aliphatic imine (C=N–C) groups is 1. The number of hydrogen-bond donors (Lipinski definition) is 1. The third-order valence-corrected chi connectivity index (χ3v) is 9.49. The first kappa shape index (κ1) is 31.7. The van der Waals surface area contributed by atoms with E-state index in [1.165, 1.54) is 43.8 Å². The molecular formula is C48H37N3. The van der Waals surface area contributed by atoms with Crippen LogP contribution in [0, 0.1) is 0 Å². The van der Waals surface area contributed by atoms with Crippen molar-refractivity contribution in [2.24, 2.45) is 4.99 Å². The van der Waals surface area contributed by atoms with Gasteiger partial charge in [-0.1, -0.05) is 158 Å². The van der Waals surface area contributed by atoms with Crippen molar-refractivity contribution in [2.75, 3.05) is 7.05 Å². The molecule has 1 heterocycles. The van der Waals surface area contributed by atoms with Gasteiger partial charge in [0, 0.05) is 25.1 Å². The Morgan fingerprint density at radius 2 is 1.20 bits per heavy atom. The molecule has 8 rings (SSSR count). The van der Waals surface area contributed by atoms with Gasteiger partial charge < -0.3 is 5.32 Å². The van der Waals surface area contributed by atoms with E-state index >= 15 is 0 Å². The Hall–Kier alpha value is -6.58. The summed E-state index contributed by atoms with van der Waals surface area (Å²) in [5, 5.41) is 8.43. The predicted octanol–water partition coefficient (Wildman–Crippen LogP) is 11.6. The van der Waals surface area contributed by atoms with Gasteiger partial charge in [0.15, 0.2) is 0 Å². The van der Waals surface area contributed by atoms with Gasteiger partial charge in [-0.15, -0.1) is 0 Å². The minimum Gasteiger partial charge on any atom is -0.388 e. The number of nitrogens with zero attached hydrogens (tertiary/aromatic N) is 2. The molecule has 0 fully saturated rings. The number of fused-ring (bicyclic) bond motifs is 2.